The average Bonchev–Trinajstić information content (AvgIpc) is 2.55. The van der Waals surface area contributed by atoms with Crippen molar-refractivity contribution < 1.29 is 0 Å². The van der Waals surface area contributed by atoms with Crippen molar-refractivity contribution in [3.63, 3.8) is 0 Å². The smallest absolute Gasteiger partial charge is 0.103 e. The molecule has 0 atom stereocenters. The fourth-order valence-corrected chi connectivity index (χ4v) is 3.33. The Bertz CT molecular complexity index is 364. The molecule has 1 N–H and O–H groups in total. The van der Waals surface area contributed by atoms with E-state index in [4.69, 9.17) is 0 Å². The second-order valence-corrected chi connectivity index (χ2v) is 9.01. The van der Waals surface area contributed by atoms with Gasteiger partial charge in [0.15, 0.2) is 0 Å². The third-order valence-corrected chi connectivity index (χ3v) is 5.03. The molecule has 18 heavy (non-hydrogen) atoms. The van der Waals surface area contributed by atoms with Gasteiger partial charge >= 0.3 is 0 Å². The number of nitrogens with zero attached hydrogens (tertiary/aromatic N) is 1. The van der Waals surface area contributed by atoms with Crippen molar-refractivity contribution >= 4 is 23.1 Å². The van der Waals surface area contributed by atoms with Gasteiger partial charge in [0.25, 0.3) is 0 Å². The van der Waals surface area contributed by atoms with E-state index in [2.05, 4.69) is 51.8 Å². The monoisotopic (exact) mass is 286 g/mol. The van der Waals surface area contributed by atoms with Gasteiger partial charge in [0.05, 0.1) is 5.69 Å². The minimum atomic E-state index is 0.315. The molecule has 0 fully saturated rings. The number of nitrogens with one attached hydrogen (secondary N) is 1. The lowest BCUT2D eigenvalue weighted by Crippen LogP contribution is -2.18. The molecule has 4 heteroatoms. The Morgan fingerprint density at radius 3 is 2.56 bits per heavy atom. The molecule has 0 aliphatic carbocycles. The molecule has 0 unspecified atom stereocenters. The van der Waals surface area contributed by atoms with Gasteiger partial charge < -0.3 is 5.32 Å². The maximum atomic E-state index is 4.67. The highest BCUT2D eigenvalue weighted by molar-refractivity contribution is 7.99. The number of hydrogen-bond acceptors (Lipinski definition) is 4. The van der Waals surface area contributed by atoms with E-state index in [1.54, 1.807) is 0 Å². The SMILES string of the molecule is Cc1nc(CSC(C)(C)C)sc1CNCC(C)C. The van der Waals surface area contributed by atoms with Crippen LogP contribution in [0.1, 0.15) is 50.2 Å². The summed E-state index contributed by atoms with van der Waals surface area (Å²) in [5.74, 6) is 1.73. The van der Waals surface area contributed by atoms with E-state index in [0.717, 1.165) is 18.8 Å². The fourth-order valence-electron chi connectivity index (χ4n) is 1.47. The van der Waals surface area contributed by atoms with Crippen molar-refractivity contribution in [2.75, 3.05) is 6.54 Å². The zero-order valence-electron chi connectivity index (χ0n) is 12.5. The summed E-state index contributed by atoms with van der Waals surface area (Å²) < 4.78 is 0.315. The Hall–Kier alpha value is -0.0600. The first-order valence-corrected chi connectivity index (χ1v) is 8.38. The summed E-state index contributed by atoms with van der Waals surface area (Å²) in [6, 6.07) is 0. The lowest BCUT2D eigenvalue weighted by Gasteiger charge is -2.16. The van der Waals surface area contributed by atoms with Crippen LogP contribution in [0.2, 0.25) is 0 Å². The third kappa shape index (κ3) is 6.21. The van der Waals surface area contributed by atoms with Gasteiger partial charge in [0, 0.05) is 21.9 Å². The lowest BCUT2D eigenvalue weighted by molar-refractivity contribution is 0.554. The van der Waals surface area contributed by atoms with Crippen LogP contribution in [0.5, 0.6) is 0 Å². The summed E-state index contributed by atoms with van der Waals surface area (Å²) in [5, 5.41) is 4.75. The Morgan fingerprint density at radius 1 is 1.33 bits per heavy atom. The van der Waals surface area contributed by atoms with Gasteiger partial charge in [-0.2, -0.15) is 0 Å². The van der Waals surface area contributed by atoms with Crippen molar-refractivity contribution in [3.8, 4) is 0 Å². The summed E-state index contributed by atoms with van der Waals surface area (Å²) in [6.07, 6.45) is 0. The zero-order chi connectivity index (χ0) is 13.8. The summed E-state index contributed by atoms with van der Waals surface area (Å²) in [5.41, 5.74) is 1.20. The maximum absolute atomic E-state index is 4.67. The number of thioether (sulfide) groups is 1. The summed E-state index contributed by atoms with van der Waals surface area (Å²) >= 11 is 3.82. The number of hydrogen-bond donors (Lipinski definition) is 1. The number of aromatic nitrogens is 1. The Kier molecular flexibility index (Phi) is 6.15. The van der Waals surface area contributed by atoms with E-state index in [0.29, 0.717) is 10.7 Å². The van der Waals surface area contributed by atoms with Gasteiger partial charge in [-0.1, -0.05) is 34.6 Å². The molecule has 0 saturated carbocycles. The van der Waals surface area contributed by atoms with Crippen LogP contribution in [0.15, 0.2) is 0 Å². The molecular formula is C14H26N2S2. The summed E-state index contributed by atoms with van der Waals surface area (Å²) in [7, 11) is 0. The van der Waals surface area contributed by atoms with Crippen LogP contribution in [-0.4, -0.2) is 16.3 Å². The molecular weight excluding hydrogens is 260 g/mol. The highest BCUT2D eigenvalue weighted by atomic mass is 32.2. The molecule has 0 amide bonds. The normalized spacial score (nSPS) is 12.4. The number of thiazole rings is 1. The standard InChI is InChI=1S/C14H26N2S2/c1-10(2)7-15-8-12-11(3)16-13(18-12)9-17-14(4,5)6/h10,15H,7-9H2,1-6H3. The van der Waals surface area contributed by atoms with Crippen LogP contribution >= 0.6 is 23.1 Å². The molecule has 0 aliphatic rings. The van der Waals surface area contributed by atoms with E-state index in [1.165, 1.54) is 15.6 Å². The molecule has 0 aromatic carbocycles. The Balaban J connectivity index is 2.48. The molecule has 0 spiro atoms. The minimum absolute atomic E-state index is 0.315. The second kappa shape index (κ2) is 6.92. The fraction of sp³-hybridized carbons (Fsp3) is 0.786. The topological polar surface area (TPSA) is 24.9 Å². The lowest BCUT2D eigenvalue weighted by atomic mass is 10.2. The highest BCUT2D eigenvalue weighted by Gasteiger charge is 2.13. The molecule has 2 nitrogen and oxygen atoms in total. The van der Waals surface area contributed by atoms with Crippen molar-refractivity contribution in [1.29, 1.82) is 0 Å². The van der Waals surface area contributed by atoms with Crippen molar-refractivity contribution in [3.05, 3.63) is 15.6 Å². The quantitative estimate of drug-likeness (QED) is 0.847. The summed E-state index contributed by atoms with van der Waals surface area (Å²) in [6.45, 7) is 15.4. The highest BCUT2D eigenvalue weighted by Crippen LogP contribution is 2.29. The van der Waals surface area contributed by atoms with Crippen molar-refractivity contribution in [2.24, 2.45) is 5.92 Å². The minimum Gasteiger partial charge on any atom is -0.312 e. The van der Waals surface area contributed by atoms with Crippen molar-refractivity contribution in [2.45, 2.75) is 58.6 Å². The first-order chi connectivity index (χ1) is 8.28. The summed E-state index contributed by atoms with van der Waals surface area (Å²) in [4.78, 5) is 6.06. The molecule has 104 valence electrons. The van der Waals surface area contributed by atoms with Crippen LogP contribution in [0.3, 0.4) is 0 Å². The Labute approximate surface area is 120 Å². The molecule has 1 aromatic heterocycles. The van der Waals surface area contributed by atoms with E-state index < -0.39 is 0 Å². The van der Waals surface area contributed by atoms with Crippen LogP contribution in [0.25, 0.3) is 0 Å². The molecule has 1 rings (SSSR count). The number of aryl methyl sites for hydroxylation is 1. The van der Waals surface area contributed by atoms with E-state index in [1.807, 2.05) is 23.1 Å². The van der Waals surface area contributed by atoms with Gasteiger partial charge in [-0.25, -0.2) is 4.98 Å². The average molecular weight is 287 g/mol. The van der Waals surface area contributed by atoms with Crippen LogP contribution < -0.4 is 5.32 Å². The van der Waals surface area contributed by atoms with Gasteiger partial charge in [-0.3, -0.25) is 0 Å². The van der Waals surface area contributed by atoms with Crippen LogP contribution in [0.4, 0.5) is 0 Å². The van der Waals surface area contributed by atoms with Gasteiger partial charge in [-0.15, -0.1) is 23.1 Å². The van der Waals surface area contributed by atoms with Gasteiger partial charge in [0.1, 0.15) is 5.01 Å². The van der Waals surface area contributed by atoms with E-state index in [-0.39, 0.29) is 0 Å². The molecule has 0 bridgehead atoms. The maximum Gasteiger partial charge on any atom is 0.103 e. The number of rotatable bonds is 6. The van der Waals surface area contributed by atoms with Crippen LogP contribution in [-0.2, 0) is 12.3 Å². The zero-order valence-corrected chi connectivity index (χ0v) is 14.1. The Morgan fingerprint density at radius 2 is 2.00 bits per heavy atom. The van der Waals surface area contributed by atoms with Crippen molar-refractivity contribution in [1.82, 2.24) is 10.3 Å². The molecule has 1 aromatic rings. The third-order valence-electron chi connectivity index (χ3n) is 2.40. The second-order valence-electron chi connectivity index (χ2n) is 6.04. The largest absolute Gasteiger partial charge is 0.312 e. The molecule has 1 heterocycles. The van der Waals surface area contributed by atoms with Crippen LogP contribution in [0, 0.1) is 12.8 Å². The van der Waals surface area contributed by atoms with E-state index in [9.17, 15) is 0 Å². The first-order valence-electron chi connectivity index (χ1n) is 6.58. The molecule has 0 radical (unpaired) electrons. The first kappa shape index (κ1) is 16.0. The van der Waals surface area contributed by atoms with Gasteiger partial charge in [-0.05, 0) is 19.4 Å². The molecule has 0 saturated heterocycles. The van der Waals surface area contributed by atoms with Gasteiger partial charge in [0.2, 0.25) is 0 Å². The predicted octanol–water partition coefficient (Wildman–Crippen LogP) is 4.23. The predicted molar refractivity (Wildman–Crippen MR) is 84.4 cm³/mol. The van der Waals surface area contributed by atoms with E-state index >= 15 is 0 Å². The molecule has 0 aliphatic heterocycles.